The predicted octanol–water partition coefficient (Wildman–Crippen LogP) is 5.35. The van der Waals surface area contributed by atoms with Crippen LogP contribution in [0.5, 0.6) is 0 Å². The molecule has 0 radical (unpaired) electrons. The number of hydrogen-bond donors (Lipinski definition) is 0. The van der Waals surface area contributed by atoms with E-state index in [0.717, 1.165) is 29.5 Å². The Kier molecular flexibility index (Phi) is 9.53. The lowest BCUT2D eigenvalue weighted by Gasteiger charge is -2.34. The van der Waals surface area contributed by atoms with E-state index in [9.17, 15) is 10.1 Å². The van der Waals surface area contributed by atoms with Gasteiger partial charge in [0.05, 0.1) is 24.8 Å². The topological polar surface area (TPSA) is 62.6 Å². The van der Waals surface area contributed by atoms with Gasteiger partial charge in [-0.15, -0.1) is 0 Å². The Morgan fingerprint density at radius 2 is 1.83 bits per heavy atom. The standard InChI is InChI=1S/C25H32N2O3/c1-5-6-11-25(28)27(24(19(2)3)18-30-29-4)17-20-12-14-21(15-13-20)23-10-8-7-9-22(23)16-26/h7-10,12-15,19,24H,5-6,11,17-18H2,1-4H3/t24-/m1/s1. The third-order valence-corrected chi connectivity index (χ3v) is 5.26. The maximum Gasteiger partial charge on any atom is 0.223 e. The number of amides is 1. The van der Waals surface area contributed by atoms with E-state index in [0.29, 0.717) is 25.1 Å². The predicted molar refractivity (Wildman–Crippen MR) is 118 cm³/mol. The summed E-state index contributed by atoms with van der Waals surface area (Å²) in [6.07, 6.45) is 2.38. The van der Waals surface area contributed by atoms with Crippen molar-refractivity contribution in [1.29, 1.82) is 5.26 Å². The van der Waals surface area contributed by atoms with Gasteiger partial charge in [-0.05, 0) is 35.1 Å². The summed E-state index contributed by atoms with van der Waals surface area (Å²) >= 11 is 0. The normalized spacial score (nSPS) is 11.9. The zero-order chi connectivity index (χ0) is 21.9. The SMILES string of the molecule is CCCCC(=O)N(Cc1ccc(-c2ccccc2C#N)cc1)[C@H](COOC)C(C)C. The van der Waals surface area contributed by atoms with Gasteiger partial charge in [-0.2, -0.15) is 5.26 Å². The van der Waals surface area contributed by atoms with Crippen molar-refractivity contribution in [2.24, 2.45) is 5.92 Å². The van der Waals surface area contributed by atoms with Crippen LogP contribution in [0.4, 0.5) is 0 Å². The van der Waals surface area contributed by atoms with Gasteiger partial charge in [0.25, 0.3) is 0 Å². The lowest BCUT2D eigenvalue weighted by atomic mass is 9.98. The maximum absolute atomic E-state index is 13.0. The molecule has 30 heavy (non-hydrogen) atoms. The molecule has 0 unspecified atom stereocenters. The summed E-state index contributed by atoms with van der Waals surface area (Å²) in [6.45, 7) is 7.11. The first-order valence-electron chi connectivity index (χ1n) is 10.5. The fraction of sp³-hybridized carbons (Fsp3) is 0.440. The number of rotatable bonds is 11. The van der Waals surface area contributed by atoms with Crippen molar-refractivity contribution in [3.63, 3.8) is 0 Å². The van der Waals surface area contributed by atoms with Gasteiger partial charge >= 0.3 is 0 Å². The Balaban J connectivity index is 2.25. The summed E-state index contributed by atoms with van der Waals surface area (Å²) in [5.74, 6) is 0.363. The van der Waals surface area contributed by atoms with Crippen molar-refractivity contribution >= 4 is 5.91 Å². The second-order valence-electron chi connectivity index (χ2n) is 7.74. The fourth-order valence-corrected chi connectivity index (χ4v) is 3.46. The molecule has 0 bridgehead atoms. The number of hydrogen-bond acceptors (Lipinski definition) is 4. The maximum atomic E-state index is 13.0. The van der Waals surface area contributed by atoms with Gasteiger partial charge in [-0.1, -0.05) is 69.7 Å². The van der Waals surface area contributed by atoms with E-state index < -0.39 is 0 Å². The van der Waals surface area contributed by atoms with E-state index in [-0.39, 0.29) is 17.9 Å². The number of unbranched alkanes of at least 4 members (excludes halogenated alkanes) is 1. The Bertz CT molecular complexity index is 840. The highest BCUT2D eigenvalue weighted by molar-refractivity contribution is 5.76. The quantitative estimate of drug-likeness (QED) is 0.372. The molecule has 0 N–H and O–H groups in total. The third-order valence-electron chi connectivity index (χ3n) is 5.26. The summed E-state index contributed by atoms with van der Waals surface area (Å²) in [7, 11) is 1.48. The van der Waals surface area contributed by atoms with Crippen LogP contribution in [0.1, 0.15) is 51.2 Å². The molecular formula is C25H32N2O3. The van der Waals surface area contributed by atoms with E-state index in [1.165, 1.54) is 7.11 Å². The minimum Gasteiger partial charge on any atom is -0.333 e. The van der Waals surface area contributed by atoms with E-state index >= 15 is 0 Å². The van der Waals surface area contributed by atoms with Gasteiger partial charge in [-0.25, -0.2) is 9.78 Å². The van der Waals surface area contributed by atoms with Crippen molar-refractivity contribution in [3.05, 3.63) is 59.7 Å². The largest absolute Gasteiger partial charge is 0.333 e. The van der Waals surface area contributed by atoms with Crippen molar-refractivity contribution in [2.75, 3.05) is 13.7 Å². The highest BCUT2D eigenvalue weighted by Gasteiger charge is 2.27. The average molecular weight is 409 g/mol. The fourth-order valence-electron chi connectivity index (χ4n) is 3.46. The van der Waals surface area contributed by atoms with Gasteiger partial charge in [0.1, 0.15) is 6.61 Å². The molecule has 0 saturated heterocycles. The van der Waals surface area contributed by atoms with Crippen LogP contribution in [0, 0.1) is 17.2 Å². The molecular weight excluding hydrogens is 376 g/mol. The zero-order valence-electron chi connectivity index (χ0n) is 18.4. The first-order valence-corrected chi connectivity index (χ1v) is 10.5. The molecule has 0 aliphatic rings. The van der Waals surface area contributed by atoms with Gasteiger partial charge in [0.15, 0.2) is 0 Å². The van der Waals surface area contributed by atoms with E-state index in [1.807, 2.05) is 53.4 Å². The molecule has 0 saturated carbocycles. The summed E-state index contributed by atoms with van der Waals surface area (Å²) < 4.78 is 0. The van der Waals surface area contributed by atoms with Crippen LogP contribution in [-0.2, 0) is 21.1 Å². The second-order valence-corrected chi connectivity index (χ2v) is 7.74. The molecule has 0 aliphatic heterocycles. The summed E-state index contributed by atoms with van der Waals surface area (Å²) in [6, 6.07) is 17.8. The Morgan fingerprint density at radius 3 is 2.43 bits per heavy atom. The Hall–Kier alpha value is -2.68. The molecule has 2 aromatic rings. The third kappa shape index (κ3) is 6.41. The molecule has 1 amide bonds. The molecule has 5 heteroatoms. The second kappa shape index (κ2) is 12.1. The molecule has 0 aromatic heterocycles. The van der Waals surface area contributed by atoms with E-state index in [1.54, 1.807) is 0 Å². The number of nitrogens with zero attached hydrogens (tertiary/aromatic N) is 2. The smallest absolute Gasteiger partial charge is 0.223 e. The number of benzene rings is 2. The first kappa shape index (κ1) is 23.6. The lowest BCUT2D eigenvalue weighted by molar-refractivity contribution is -0.282. The molecule has 0 spiro atoms. The highest BCUT2D eigenvalue weighted by atomic mass is 17.2. The number of carbonyl (C=O) groups excluding carboxylic acids is 1. The van der Waals surface area contributed by atoms with Crippen molar-refractivity contribution in [1.82, 2.24) is 4.90 Å². The molecule has 0 aliphatic carbocycles. The van der Waals surface area contributed by atoms with Gasteiger partial charge < -0.3 is 4.90 Å². The van der Waals surface area contributed by atoms with Crippen LogP contribution in [0.15, 0.2) is 48.5 Å². The molecule has 0 heterocycles. The average Bonchev–Trinajstić information content (AvgIpc) is 2.77. The van der Waals surface area contributed by atoms with Gasteiger partial charge in [-0.3, -0.25) is 4.79 Å². The summed E-state index contributed by atoms with van der Waals surface area (Å²) in [5.41, 5.74) is 3.60. The van der Waals surface area contributed by atoms with E-state index in [4.69, 9.17) is 9.78 Å². The van der Waals surface area contributed by atoms with Crippen LogP contribution in [-0.4, -0.2) is 30.6 Å². The van der Waals surface area contributed by atoms with Crippen molar-refractivity contribution in [2.45, 2.75) is 52.6 Å². The molecule has 0 fully saturated rings. The van der Waals surface area contributed by atoms with Crippen LogP contribution in [0.25, 0.3) is 11.1 Å². The van der Waals surface area contributed by atoms with Crippen molar-refractivity contribution < 1.29 is 14.6 Å². The first-order chi connectivity index (χ1) is 14.5. The monoisotopic (exact) mass is 408 g/mol. The Labute approximate surface area is 180 Å². The van der Waals surface area contributed by atoms with Gasteiger partial charge in [0.2, 0.25) is 5.91 Å². The van der Waals surface area contributed by atoms with Crippen LogP contribution >= 0.6 is 0 Å². The molecule has 2 aromatic carbocycles. The summed E-state index contributed by atoms with van der Waals surface area (Å²) in [4.78, 5) is 24.9. The molecule has 5 nitrogen and oxygen atoms in total. The molecule has 1 atom stereocenters. The molecule has 160 valence electrons. The zero-order valence-corrected chi connectivity index (χ0v) is 18.4. The van der Waals surface area contributed by atoms with Crippen LogP contribution in [0.3, 0.4) is 0 Å². The summed E-state index contributed by atoms with van der Waals surface area (Å²) in [5, 5.41) is 9.35. The van der Waals surface area contributed by atoms with Crippen LogP contribution < -0.4 is 0 Å². The van der Waals surface area contributed by atoms with E-state index in [2.05, 4.69) is 26.8 Å². The highest BCUT2D eigenvalue weighted by Crippen LogP contribution is 2.25. The molecule has 2 rings (SSSR count). The minimum atomic E-state index is -0.0757. The minimum absolute atomic E-state index is 0.0757. The van der Waals surface area contributed by atoms with Crippen molar-refractivity contribution in [3.8, 4) is 17.2 Å². The van der Waals surface area contributed by atoms with Gasteiger partial charge in [0, 0.05) is 13.0 Å². The Morgan fingerprint density at radius 1 is 1.13 bits per heavy atom. The lowest BCUT2D eigenvalue weighted by Crippen LogP contribution is -2.45. The number of carbonyl (C=O) groups is 1. The van der Waals surface area contributed by atoms with Crippen LogP contribution in [0.2, 0.25) is 0 Å². The number of nitriles is 1.